The number of nitrogens with two attached hydrogens (primary N) is 1. The predicted molar refractivity (Wildman–Crippen MR) is 77.2 cm³/mol. The summed E-state index contributed by atoms with van der Waals surface area (Å²) in [7, 11) is 1.72. The second kappa shape index (κ2) is 5.52. The van der Waals surface area contributed by atoms with Gasteiger partial charge in [0.1, 0.15) is 0 Å². The van der Waals surface area contributed by atoms with Gasteiger partial charge in [-0.05, 0) is 36.2 Å². The number of aromatic nitrogens is 1. The van der Waals surface area contributed by atoms with Crippen LogP contribution in [0.15, 0.2) is 42.6 Å². The molecule has 4 heteroatoms. The van der Waals surface area contributed by atoms with Gasteiger partial charge in [-0.2, -0.15) is 0 Å². The first-order valence-corrected chi connectivity index (χ1v) is 6.21. The maximum absolute atomic E-state index is 12.3. The van der Waals surface area contributed by atoms with Gasteiger partial charge in [0.15, 0.2) is 5.69 Å². The molecule has 1 heterocycles. The highest BCUT2D eigenvalue weighted by Crippen LogP contribution is 2.18. The van der Waals surface area contributed by atoms with Crippen molar-refractivity contribution in [3.63, 3.8) is 0 Å². The highest BCUT2D eigenvalue weighted by Gasteiger charge is 2.17. The Morgan fingerprint density at radius 1 is 1.26 bits per heavy atom. The van der Waals surface area contributed by atoms with E-state index in [0.29, 0.717) is 5.69 Å². The van der Waals surface area contributed by atoms with E-state index in [1.54, 1.807) is 30.3 Å². The van der Waals surface area contributed by atoms with Gasteiger partial charge < -0.3 is 10.6 Å². The van der Waals surface area contributed by atoms with E-state index in [0.717, 1.165) is 12.1 Å². The third-order valence-electron chi connectivity index (χ3n) is 3.08. The van der Waals surface area contributed by atoms with Crippen LogP contribution < -0.4 is 10.6 Å². The molecule has 98 valence electrons. The molecule has 2 rings (SSSR count). The van der Waals surface area contributed by atoms with Crippen molar-refractivity contribution in [3.05, 3.63) is 53.9 Å². The van der Waals surface area contributed by atoms with Crippen molar-refractivity contribution in [1.82, 2.24) is 4.98 Å². The summed E-state index contributed by atoms with van der Waals surface area (Å²) in [5.41, 5.74) is 8.51. The van der Waals surface area contributed by atoms with Gasteiger partial charge in [-0.15, -0.1) is 0 Å². The van der Waals surface area contributed by atoms with E-state index in [9.17, 15) is 4.79 Å². The van der Waals surface area contributed by atoms with Crippen molar-refractivity contribution >= 4 is 17.3 Å². The van der Waals surface area contributed by atoms with E-state index in [-0.39, 0.29) is 11.6 Å². The minimum atomic E-state index is -0.206. The summed E-state index contributed by atoms with van der Waals surface area (Å²) in [6, 6.07) is 11.3. The van der Waals surface area contributed by atoms with Crippen molar-refractivity contribution in [1.29, 1.82) is 0 Å². The summed E-state index contributed by atoms with van der Waals surface area (Å²) < 4.78 is 0. The summed E-state index contributed by atoms with van der Waals surface area (Å²) in [6.45, 7) is 2.10. The van der Waals surface area contributed by atoms with Crippen LogP contribution in [0, 0.1) is 0 Å². The Bertz CT molecular complexity index is 578. The number of carbonyl (C=O) groups excluding carboxylic acids is 1. The van der Waals surface area contributed by atoms with Gasteiger partial charge >= 0.3 is 0 Å². The van der Waals surface area contributed by atoms with Crippen molar-refractivity contribution in [2.75, 3.05) is 17.7 Å². The van der Waals surface area contributed by atoms with Crippen molar-refractivity contribution in [3.8, 4) is 0 Å². The quantitative estimate of drug-likeness (QED) is 0.916. The Balaban J connectivity index is 2.26. The number of rotatable bonds is 3. The molecule has 0 atom stereocenters. The molecule has 2 N–H and O–H groups in total. The highest BCUT2D eigenvalue weighted by atomic mass is 16.2. The van der Waals surface area contributed by atoms with Crippen LogP contribution in [0.5, 0.6) is 0 Å². The summed E-state index contributed by atoms with van der Waals surface area (Å²) in [5.74, 6) is -0.206. The van der Waals surface area contributed by atoms with Gasteiger partial charge in [-0.3, -0.25) is 4.79 Å². The third kappa shape index (κ3) is 2.73. The molecule has 0 aliphatic rings. The standard InChI is InChI=1S/C15H17N3O/c1-3-11-6-8-12(9-7-11)18(2)15(19)14-13(16)5-4-10-17-14/h4-10H,3,16H2,1-2H3. The molecule has 1 aromatic heterocycles. The predicted octanol–water partition coefficient (Wildman–Crippen LogP) is 2.50. The number of hydrogen-bond acceptors (Lipinski definition) is 3. The zero-order chi connectivity index (χ0) is 13.8. The number of aryl methyl sites for hydroxylation is 1. The number of pyridine rings is 1. The van der Waals surface area contributed by atoms with Crippen LogP contribution in [0.4, 0.5) is 11.4 Å². The summed E-state index contributed by atoms with van der Waals surface area (Å²) in [4.78, 5) is 17.9. The largest absolute Gasteiger partial charge is 0.397 e. The van der Waals surface area contributed by atoms with E-state index in [1.165, 1.54) is 5.56 Å². The normalized spacial score (nSPS) is 10.2. The van der Waals surface area contributed by atoms with E-state index in [4.69, 9.17) is 5.73 Å². The van der Waals surface area contributed by atoms with Crippen molar-refractivity contribution < 1.29 is 4.79 Å². The summed E-state index contributed by atoms with van der Waals surface area (Å²) >= 11 is 0. The lowest BCUT2D eigenvalue weighted by Crippen LogP contribution is -2.27. The molecular weight excluding hydrogens is 238 g/mol. The van der Waals surface area contributed by atoms with Crippen LogP contribution in [-0.4, -0.2) is 17.9 Å². The molecule has 2 aromatic rings. The maximum atomic E-state index is 12.3. The molecule has 1 amide bonds. The molecule has 1 aromatic carbocycles. The fourth-order valence-corrected chi connectivity index (χ4v) is 1.83. The minimum absolute atomic E-state index is 0.206. The minimum Gasteiger partial charge on any atom is -0.397 e. The van der Waals surface area contributed by atoms with Crippen LogP contribution in [0.3, 0.4) is 0 Å². The monoisotopic (exact) mass is 255 g/mol. The van der Waals surface area contributed by atoms with E-state index < -0.39 is 0 Å². The van der Waals surface area contributed by atoms with Crippen LogP contribution in [0.1, 0.15) is 23.0 Å². The molecule has 19 heavy (non-hydrogen) atoms. The Labute approximate surface area is 112 Å². The van der Waals surface area contributed by atoms with Crippen LogP contribution in [0.2, 0.25) is 0 Å². The molecule has 0 saturated carbocycles. The van der Waals surface area contributed by atoms with Gasteiger partial charge in [-0.25, -0.2) is 4.98 Å². The molecule has 0 radical (unpaired) electrons. The van der Waals surface area contributed by atoms with Gasteiger partial charge in [0.05, 0.1) is 5.69 Å². The zero-order valence-electron chi connectivity index (χ0n) is 11.1. The fourth-order valence-electron chi connectivity index (χ4n) is 1.83. The lowest BCUT2D eigenvalue weighted by molar-refractivity contribution is 0.0989. The molecule has 4 nitrogen and oxygen atoms in total. The Kier molecular flexibility index (Phi) is 3.80. The summed E-state index contributed by atoms with van der Waals surface area (Å²) in [5, 5.41) is 0. The fraction of sp³-hybridized carbons (Fsp3) is 0.200. The van der Waals surface area contributed by atoms with Crippen molar-refractivity contribution in [2.45, 2.75) is 13.3 Å². The first-order valence-electron chi connectivity index (χ1n) is 6.21. The lowest BCUT2D eigenvalue weighted by Gasteiger charge is -2.17. The molecule has 0 bridgehead atoms. The second-order valence-corrected chi connectivity index (χ2v) is 4.33. The zero-order valence-corrected chi connectivity index (χ0v) is 11.1. The van der Waals surface area contributed by atoms with Crippen LogP contribution >= 0.6 is 0 Å². The van der Waals surface area contributed by atoms with Gasteiger partial charge in [0.2, 0.25) is 0 Å². The lowest BCUT2D eigenvalue weighted by atomic mass is 10.1. The number of carbonyl (C=O) groups is 1. The Hall–Kier alpha value is -2.36. The van der Waals surface area contributed by atoms with Crippen molar-refractivity contribution in [2.24, 2.45) is 0 Å². The van der Waals surface area contributed by atoms with Gasteiger partial charge in [0.25, 0.3) is 5.91 Å². The number of benzene rings is 1. The maximum Gasteiger partial charge on any atom is 0.278 e. The Morgan fingerprint density at radius 3 is 2.53 bits per heavy atom. The highest BCUT2D eigenvalue weighted by molar-refractivity contribution is 6.07. The van der Waals surface area contributed by atoms with Gasteiger partial charge in [-0.1, -0.05) is 19.1 Å². The molecule has 0 aliphatic carbocycles. The van der Waals surface area contributed by atoms with Gasteiger partial charge in [0, 0.05) is 18.9 Å². The Morgan fingerprint density at radius 2 is 1.95 bits per heavy atom. The van der Waals surface area contributed by atoms with E-state index in [1.807, 2.05) is 24.3 Å². The number of hydrogen-bond donors (Lipinski definition) is 1. The van der Waals surface area contributed by atoms with Crippen LogP contribution in [-0.2, 0) is 6.42 Å². The first kappa shape index (κ1) is 13.1. The topological polar surface area (TPSA) is 59.2 Å². The number of nitrogens with zero attached hydrogens (tertiary/aromatic N) is 2. The molecule has 0 aliphatic heterocycles. The van der Waals surface area contributed by atoms with E-state index >= 15 is 0 Å². The number of nitrogen functional groups attached to an aromatic ring is 1. The molecule has 0 fully saturated rings. The summed E-state index contributed by atoms with van der Waals surface area (Å²) in [6.07, 6.45) is 2.54. The SMILES string of the molecule is CCc1ccc(N(C)C(=O)c2ncccc2N)cc1. The second-order valence-electron chi connectivity index (χ2n) is 4.33. The first-order chi connectivity index (χ1) is 9.13. The van der Waals surface area contributed by atoms with Crippen LogP contribution in [0.25, 0.3) is 0 Å². The third-order valence-corrected chi connectivity index (χ3v) is 3.08. The molecule has 0 spiro atoms. The molecular formula is C15H17N3O. The number of amides is 1. The molecule has 0 unspecified atom stereocenters. The number of anilines is 2. The average molecular weight is 255 g/mol. The smallest absolute Gasteiger partial charge is 0.278 e. The average Bonchev–Trinajstić information content (AvgIpc) is 2.46. The molecule has 0 saturated heterocycles. The van der Waals surface area contributed by atoms with E-state index in [2.05, 4.69) is 11.9 Å².